The summed E-state index contributed by atoms with van der Waals surface area (Å²) in [6, 6.07) is 9.70. The molecule has 0 heterocycles. The van der Waals surface area contributed by atoms with Crippen LogP contribution >= 0.6 is 11.8 Å². The quantitative estimate of drug-likeness (QED) is 0.812. The van der Waals surface area contributed by atoms with Gasteiger partial charge in [0, 0.05) is 0 Å². The highest BCUT2D eigenvalue weighted by atomic mass is 32.2. The number of thioether (sulfide) groups is 1. The topological polar surface area (TPSA) is 55.1 Å². The molecule has 0 saturated heterocycles. The summed E-state index contributed by atoms with van der Waals surface area (Å²) in [4.78, 5) is 12.3. The lowest BCUT2D eigenvalue weighted by Crippen LogP contribution is -2.43. The minimum Gasteiger partial charge on any atom is -0.348 e. The van der Waals surface area contributed by atoms with Crippen molar-refractivity contribution in [2.24, 2.45) is 11.1 Å². The van der Waals surface area contributed by atoms with Crippen LogP contribution < -0.4 is 11.1 Å². The van der Waals surface area contributed by atoms with Gasteiger partial charge in [0.2, 0.25) is 5.91 Å². The average Bonchev–Trinajstić information content (AvgIpc) is 2.43. The Morgan fingerprint density at radius 2 is 1.90 bits per heavy atom. The highest BCUT2D eigenvalue weighted by Crippen LogP contribution is 2.29. The molecule has 1 amide bonds. The molecule has 3 N–H and O–H groups in total. The van der Waals surface area contributed by atoms with E-state index in [1.54, 1.807) is 11.8 Å². The molecule has 0 aliphatic rings. The lowest BCUT2D eigenvalue weighted by molar-refractivity contribution is -0.123. The van der Waals surface area contributed by atoms with E-state index in [1.807, 2.05) is 24.5 Å². The molecule has 1 aromatic carbocycles. The zero-order chi connectivity index (χ0) is 15.9. The molecule has 1 rings (SSSR count). The molecule has 0 fully saturated rings. The van der Waals surface area contributed by atoms with E-state index >= 15 is 0 Å². The van der Waals surface area contributed by atoms with Crippen LogP contribution in [0, 0.1) is 5.41 Å². The fourth-order valence-electron chi connectivity index (χ4n) is 2.20. The van der Waals surface area contributed by atoms with Crippen molar-refractivity contribution < 1.29 is 4.79 Å². The second-order valence-corrected chi connectivity index (χ2v) is 7.61. The molecule has 0 radical (unpaired) electrons. The average molecular weight is 308 g/mol. The number of carbonyl (C=O) groups is 1. The molecule has 0 aromatic heterocycles. The van der Waals surface area contributed by atoms with Crippen LogP contribution in [-0.2, 0) is 4.79 Å². The van der Waals surface area contributed by atoms with E-state index in [0.29, 0.717) is 6.42 Å². The molecule has 0 spiro atoms. The molecule has 0 aliphatic heterocycles. The van der Waals surface area contributed by atoms with Crippen LogP contribution in [0.1, 0.15) is 45.2 Å². The minimum atomic E-state index is -0.427. The number of carbonyl (C=O) groups excluding carboxylic acids is 1. The second kappa shape index (κ2) is 8.44. The summed E-state index contributed by atoms with van der Waals surface area (Å²) < 4.78 is 0. The number of hydrogen-bond acceptors (Lipinski definition) is 3. The highest BCUT2D eigenvalue weighted by Gasteiger charge is 2.23. The lowest BCUT2D eigenvalue weighted by Gasteiger charge is -2.28. The predicted octanol–water partition coefficient (Wildman–Crippen LogP) is 3.36. The fourth-order valence-corrected chi connectivity index (χ4v) is 2.69. The van der Waals surface area contributed by atoms with Crippen molar-refractivity contribution in [2.45, 2.75) is 45.7 Å². The van der Waals surface area contributed by atoms with Gasteiger partial charge in [0.1, 0.15) is 0 Å². The van der Waals surface area contributed by atoms with E-state index in [0.717, 1.165) is 17.7 Å². The first-order valence-corrected chi connectivity index (χ1v) is 8.82. The molecule has 21 heavy (non-hydrogen) atoms. The minimum absolute atomic E-state index is 0.0130. The van der Waals surface area contributed by atoms with E-state index in [4.69, 9.17) is 5.73 Å². The molecule has 0 aliphatic carbocycles. The van der Waals surface area contributed by atoms with Gasteiger partial charge in [-0.25, -0.2) is 0 Å². The maximum absolute atomic E-state index is 12.3. The normalized spacial score (nSPS) is 14.5. The van der Waals surface area contributed by atoms with Gasteiger partial charge in [0.05, 0.1) is 12.1 Å². The standard InChI is InChI=1S/C17H28N2OS/c1-17(2,3)12-15(13-8-6-5-7-9-13)19-16(20)14(18)10-11-21-4/h5-9,14-15H,10-12,18H2,1-4H3,(H,19,20)/t14-,15?/m0/s1. The highest BCUT2D eigenvalue weighted by molar-refractivity contribution is 7.98. The molecule has 118 valence electrons. The number of hydrogen-bond donors (Lipinski definition) is 2. The van der Waals surface area contributed by atoms with Gasteiger partial charge in [-0.2, -0.15) is 11.8 Å². The van der Waals surface area contributed by atoms with Crippen LogP contribution in [0.4, 0.5) is 0 Å². The summed E-state index contributed by atoms with van der Waals surface area (Å²) in [5.41, 5.74) is 7.24. The monoisotopic (exact) mass is 308 g/mol. The third-order valence-corrected chi connectivity index (χ3v) is 3.95. The first-order chi connectivity index (χ1) is 9.83. The smallest absolute Gasteiger partial charge is 0.237 e. The van der Waals surface area contributed by atoms with Gasteiger partial charge in [-0.3, -0.25) is 4.79 Å². The van der Waals surface area contributed by atoms with Crippen molar-refractivity contribution in [3.05, 3.63) is 35.9 Å². The summed E-state index contributed by atoms with van der Waals surface area (Å²) in [6.45, 7) is 6.55. The maximum atomic E-state index is 12.3. The molecule has 2 atom stereocenters. The largest absolute Gasteiger partial charge is 0.348 e. The van der Waals surface area contributed by atoms with Crippen molar-refractivity contribution in [1.29, 1.82) is 0 Å². The van der Waals surface area contributed by atoms with Crippen molar-refractivity contribution in [3.8, 4) is 0 Å². The maximum Gasteiger partial charge on any atom is 0.237 e. The van der Waals surface area contributed by atoms with E-state index in [9.17, 15) is 4.79 Å². The molecule has 4 heteroatoms. The Kier molecular flexibility index (Phi) is 7.26. The van der Waals surface area contributed by atoms with Crippen LogP contribution in [0.2, 0.25) is 0 Å². The Morgan fingerprint density at radius 1 is 1.29 bits per heavy atom. The first-order valence-electron chi connectivity index (χ1n) is 7.43. The van der Waals surface area contributed by atoms with E-state index < -0.39 is 6.04 Å². The first kappa shape index (κ1) is 18.1. The summed E-state index contributed by atoms with van der Waals surface area (Å²) in [7, 11) is 0. The molecular weight excluding hydrogens is 280 g/mol. The number of amides is 1. The van der Waals surface area contributed by atoms with Crippen molar-refractivity contribution in [2.75, 3.05) is 12.0 Å². The molecule has 0 saturated carbocycles. The molecular formula is C17H28N2OS. The summed E-state index contributed by atoms with van der Waals surface area (Å²) >= 11 is 1.71. The zero-order valence-corrected chi connectivity index (χ0v) is 14.4. The van der Waals surface area contributed by atoms with Crippen LogP contribution in [0.3, 0.4) is 0 Å². The Morgan fingerprint density at radius 3 is 2.43 bits per heavy atom. The Balaban J connectivity index is 2.76. The van der Waals surface area contributed by atoms with Crippen LogP contribution in [-0.4, -0.2) is 24.0 Å². The Labute approximate surface area is 133 Å². The third kappa shape index (κ3) is 7.00. The zero-order valence-electron chi connectivity index (χ0n) is 13.6. The number of nitrogens with two attached hydrogens (primary N) is 1. The van der Waals surface area contributed by atoms with Gasteiger partial charge >= 0.3 is 0 Å². The third-order valence-electron chi connectivity index (χ3n) is 3.30. The van der Waals surface area contributed by atoms with Crippen molar-refractivity contribution in [1.82, 2.24) is 5.32 Å². The summed E-state index contributed by atoms with van der Waals surface area (Å²) in [5.74, 6) is 0.853. The van der Waals surface area contributed by atoms with Gasteiger partial charge in [0.15, 0.2) is 0 Å². The number of rotatable bonds is 7. The van der Waals surface area contributed by atoms with Crippen LogP contribution in [0.15, 0.2) is 30.3 Å². The summed E-state index contributed by atoms with van der Waals surface area (Å²) in [6.07, 6.45) is 3.62. The van der Waals surface area contributed by atoms with Crippen molar-refractivity contribution >= 4 is 17.7 Å². The molecule has 1 aromatic rings. The van der Waals surface area contributed by atoms with Gasteiger partial charge in [-0.15, -0.1) is 0 Å². The molecule has 3 nitrogen and oxygen atoms in total. The van der Waals surface area contributed by atoms with E-state index in [2.05, 4.69) is 38.2 Å². The van der Waals surface area contributed by atoms with Crippen molar-refractivity contribution in [3.63, 3.8) is 0 Å². The molecule has 1 unspecified atom stereocenters. The SMILES string of the molecule is CSCC[C@H](N)C(=O)NC(CC(C)(C)C)c1ccccc1. The number of benzene rings is 1. The van der Waals surface area contributed by atoms with Gasteiger partial charge in [-0.1, -0.05) is 51.1 Å². The molecule has 0 bridgehead atoms. The van der Waals surface area contributed by atoms with E-state index in [-0.39, 0.29) is 17.4 Å². The van der Waals surface area contributed by atoms with Gasteiger partial charge in [0.25, 0.3) is 0 Å². The predicted molar refractivity (Wildman–Crippen MR) is 92.4 cm³/mol. The number of nitrogens with one attached hydrogen (secondary N) is 1. The van der Waals surface area contributed by atoms with Gasteiger partial charge in [-0.05, 0) is 35.8 Å². The second-order valence-electron chi connectivity index (χ2n) is 6.62. The Bertz CT molecular complexity index is 428. The van der Waals surface area contributed by atoms with Crippen LogP contribution in [0.5, 0.6) is 0 Å². The Hall–Kier alpha value is -1.00. The fraction of sp³-hybridized carbons (Fsp3) is 0.588. The lowest BCUT2D eigenvalue weighted by atomic mass is 9.85. The van der Waals surface area contributed by atoms with Gasteiger partial charge < -0.3 is 11.1 Å². The van der Waals surface area contributed by atoms with Crippen LogP contribution in [0.25, 0.3) is 0 Å². The summed E-state index contributed by atoms with van der Waals surface area (Å²) in [5, 5.41) is 3.13. The van der Waals surface area contributed by atoms with E-state index in [1.165, 1.54) is 0 Å².